The van der Waals surface area contributed by atoms with E-state index in [0.29, 0.717) is 0 Å². The molecule has 13 nitrogen and oxygen atoms in total. The normalized spacial score (nSPS) is 18.4. The van der Waals surface area contributed by atoms with Gasteiger partial charge in [0.15, 0.2) is 0 Å². The molecule has 19 heteroatoms. The smallest absolute Gasteiger partial charge is 1.00 e. The van der Waals surface area contributed by atoms with Crippen LogP contribution in [0.5, 0.6) is 0 Å². The maximum Gasteiger partial charge on any atom is 2.00 e. The van der Waals surface area contributed by atoms with Crippen LogP contribution in [-0.4, -0.2) is 75.5 Å². The minimum atomic E-state index is -5.77. The second-order valence-electron chi connectivity index (χ2n) is 2.16. The van der Waals surface area contributed by atoms with E-state index in [0.717, 1.165) is 0 Å². The van der Waals surface area contributed by atoms with E-state index in [4.69, 9.17) is 29.4 Å². The molecule has 0 saturated heterocycles. The molecular formula is H10Mg2O13P4. The van der Waals surface area contributed by atoms with E-state index in [1.807, 2.05) is 0 Å². The fourth-order valence-electron chi connectivity index (χ4n) is 0.429. The molecule has 19 heavy (non-hydrogen) atoms. The molecule has 112 valence electrons. The minimum Gasteiger partial charge on any atom is -1.00 e. The Morgan fingerprint density at radius 3 is 0.947 bits per heavy atom. The summed E-state index contributed by atoms with van der Waals surface area (Å²) in [4.78, 5) is 49.4. The van der Waals surface area contributed by atoms with Crippen LogP contribution in [0.4, 0.5) is 0 Å². The standard InChI is InChI=1S/2Mg.H6O13P4.4H/c;;1-14(2,3)11-16(7,8)13-17(9,10)12-15(4,5)6;;;;/h;;(H,7,8)(H,9,10)(H2,1,2,3)(H2,4,5,6);;;;/q2*+2;;4*-1. The van der Waals surface area contributed by atoms with E-state index in [1.165, 1.54) is 0 Å². The van der Waals surface area contributed by atoms with Crippen LogP contribution in [0.15, 0.2) is 0 Å². The molecule has 0 radical (unpaired) electrons. The van der Waals surface area contributed by atoms with E-state index in [9.17, 15) is 18.3 Å². The summed E-state index contributed by atoms with van der Waals surface area (Å²) in [6, 6.07) is 0. The maximum atomic E-state index is 10.7. The molecular weight excluding hydrogens is 380 g/mol. The first kappa shape index (κ1) is 26.0. The van der Waals surface area contributed by atoms with Crippen molar-refractivity contribution in [1.29, 1.82) is 0 Å². The molecule has 0 aromatic carbocycles. The Labute approximate surface area is 143 Å². The Morgan fingerprint density at radius 1 is 0.579 bits per heavy atom. The third-order valence-corrected chi connectivity index (χ3v) is 5.63. The second kappa shape index (κ2) is 8.65. The first-order chi connectivity index (χ1) is 7.12. The van der Waals surface area contributed by atoms with E-state index >= 15 is 0 Å². The van der Waals surface area contributed by atoms with Gasteiger partial charge in [0.05, 0.1) is 0 Å². The Balaban J connectivity index is -0.0000000853. The number of hydrogen-bond acceptors (Lipinski definition) is 7. The molecule has 6 N–H and O–H groups in total. The van der Waals surface area contributed by atoms with Crippen LogP contribution in [0.3, 0.4) is 0 Å². The molecule has 2 unspecified atom stereocenters. The van der Waals surface area contributed by atoms with Gasteiger partial charge in [0.25, 0.3) is 0 Å². The Hall–Kier alpha value is 2.09. The van der Waals surface area contributed by atoms with Crippen LogP contribution in [0, 0.1) is 0 Å². The van der Waals surface area contributed by atoms with Crippen LogP contribution in [0.2, 0.25) is 0 Å². The summed E-state index contributed by atoms with van der Waals surface area (Å²) in [5.41, 5.74) is 0. The van der Waals surface area contributed by atoms with Crippen LogP contribution < -0.4 is 0 Å². The van der Waals surface area contributed by atoms with Gasteiger partial charge in [-0.25, -0.2) is 18.3 Å². The molecule has 2 atom stereocenters. The molecule has 0 aromatic heterocycles. The van der Waals surface area contributed by atoms with Crippen LogP contribution in [0.1, 0.15) is 5.71 Å². The first-order valence-electron chi connectivity index (χ1n) is 3.03. The summed E-state index contributed by atoms with van der Waals surface area (Å²) in [6.07, 6.45) is 0. The fourth-order valence-corrected chi connectivity index (χ4v) is 4.40. The molecule has 0 heterocycles. The predicted octanol–water partition coefficient (Wildman–Crippen LogP) is -0.889. The molecule has 0 amide bonds. The quantitative estimate of drug-likeness (QED) is 0.240. The van der Waals surface area contributed by atoms with Crippen LogP contribution in [0.25, 0.3) is 0 Å². The Kier molecular flexibility index (Phi) is 11.8. The molecule has 0 fully saturated rings. The monoisotopic (exact) mass is 390 g/mol. The Bertz CT molecular complexity index is 427. The van der Waals surface area contributed by atoms with Gasteiger partial charge in [-0.3, -0.25) is 0 Å². The largest absolute Gasteiger partial charge is 2.00 e. The van der Waals surface area contributed by atoms with Gasteiger partial charge >= 0.3 is 77.4 Å². The summed E-state index contributed by atoms with van der Waals surface area (Å²) in [5.74, 6) is 0. The van der Waals surface area contributed by atoms with Gasteiger partial charge in [-0.05, 0) is 0 Å². The van der Waals surface area contributed by atoms with Gasteiger partial charge in [-0.1, -0.05) is 0 Å². The topological polar surface area (TPSA) is 217 Å². The summed E-state index contributed by atoms with van der Waals surface area (Å²) in [6.45, 7) is 0. The van der Waals surface area contributed by atoms with Crippen molar-refractivity contribution in [3.63, 3.8) is 0 Å². The van der Waals surface area contributed by atoms with Crippen molar-refractivity contribution in [2.45, 2.75) is 0 Å². The van der Waals surface area contributed by atoms with Crippen molar-refractivity contribution >= 4 is 77.4 Å². The molecule has 0 aliphatic heterocycles. The average molecular weight is 391 g/mol. The third kappa shape index (κ3) is 16.3. The van der Waals surface area contributed by atoms with Crippen molar-refractivity contribution < 1.29 is 66.3 Å². The summed E-state index contributed by atoms with van der Waals surface area (Å²) < 4.78 is 50.9. The van der Waals surface area contributed by atoms with E-state index in [2.05, 4.69) is 12.9 Å². The number of phosphoric acid groups is 4. The predicted molar refractivity (Wildman–Crippen MR) is 62.9 cm³/mol. The SMILES string of the molecule is O=P(O)(O)OP(=O)(O)OP(=O)(O)OP(=O)(O)O.[H-].[H-].[H-].[H-].[Mg+2].[Mg+2]. The van der Waals surface area contributed by atoms with E-state index in [-0.39, 0.29) is 51.8 Å². The van der Waals surface area contributed by atoms with Crippen LogP contribution >= 0.6 is 31.3 Å². The van der Waals surface area contributed by atoms with Crippen molar-refractivity contribution in [2.24, 2.45) is 0 Å². The van der Waals surface area contributed by atoms with E-state index < -0.39 is 31.3 Å². The van der Waals surface area contributed by atoms with Crippen LogP contribution in [-0.2, 0) is 31.2 Å². The fraction of sp³-hybridized carbons (Fsp3) is 0. The maximum absolute atomic E-state index is 10.7. The first-order valence-corrected chi connectivity index (χ1v) is 9.08. The second-order valence-corrected chi connectivity index (χ2v) is 7.96. The molecule has 0 aliphatic carbocycles. The summed E-state index contributed by atoms with van der Waals surface area (Å²) in [5, 5.41) is 0. The molecule has 0 saturated carbocycles. The van der Waals surface area contributed by atoms with Gasteiger partial charge in [0.2, 0.25) is 0 Å². The zero-order valence-corrected chi connectivity index (χ0v) is 15.2. The molecule has 0 spiro atoms. The van der Waals surface area contributed by atoms with Gasteiger partial charge in [-0.2, -0.15) is 12.9 Å². The molecule has 0 rings (SSSR count). The number of rotatable bonds is 6. The minimum absolute atomic E-state index is 0. The van der Waals surface area contributed by atoms with Gasteiger partial charge in [0, 0.05) is 0 Å². The molecule has 0 aliphatic rings. The van der Waals surface area contributed by atoms with Gasteiger partial charge in [0.1, 0.15) is 0 Å². The number of hydrogen-bond donors (Lipinski definition) is 6. The molecule has 0 bridgehead atoms. The Morgan fingerprint density at radius 2 is 0.789 bits per heavy atom. The average Bonchev–Trinajstić information content (AvgIpc) is 1.65. The zero-order valence-electron chi connectivity index (χ0n) is 12.7. The van der Waals surface area contributed by atoms with Gasteiger partial charge in [-0.15, -0.1) is 0 Å². The summed E-state index contributed by atoms with van der Waals surface area (Å²) in [7, 11) is -22.6. The van der Waals surface area contributed by atoms with Crippen molar-refractivity contribution in [3.05, 3.63) is 0 Å². The van der Waals surface area contributed by atoms with E-state index in [1.54, 1.807) is 0 Å². The summed E-state index contributed by atoms with van der Waals surface area (Å²) >= 11 is 0. The zero-order chi connectivity index (χ0) is 14.1. The van der Waals surface area contributed by atoms with Crippen molar-refractivity contribution in [3.8, 4) is 0 Å². The molecule has 0 aromatic rings. The van der Waals surface area contributed by atoms with Gasteiger partial charge < -0.3 is 35.1 Å². The third-order valence-electron chi connectivity index (χ3n) is 0.625. The van der Waals surface area contributed by atoms with Crippen molar-refractivity contribution in [2.75, 3.05) is 0 Å². The van der Waals surface area contributed by atoms with Crippen molar-refractivity contribution in [1.82, 2.24) is 0 Å².